The van der Waals surface area contributed by atoms with E-state index in [2.05, 4.69) is 28.1 Å². The van der Waals surface area contributed by atoms with Crippen LogP contribution in [0, 0.1) is 0 Å². The number of rotatable bonds is 8. The van der Waals surface area contributed by atoms with E-state index >= 15 is 0 Å². The normalized spacial score (nSPS) is 11.9. The second-order valence-electron chi connectivity index (χ2n) is 6.58. The van der Waals surface area contributed by atoms with Crippen LogP contribution in [0.15, 0.2) is 64.9 Å². The Morgan fingerprint density at radius 3 is 2.13 bits per heavy atom. The second-order valence-corrected chi connectivity index (χ2v) is 6.99. The number of hydrogen-bond donors (Lipinski definition) is 5. The highest BCUT2D eigenvalue weighted by Gasteiger charge is 2.18. The van der Waals surface area contributed by atoms with Crippen LogP contribution in [0.3, 0.4) is 0 Å². The Bertz CT molecular complexity index is 1030. The Kier molecular flexibility index (Phi) is 8.27. The average molecular weight is 440 g/mol. The maximum atomic E-state index is 12.8. The van der Waals surface area contributed by atoms with Gasteiger partial charge >= 0.3 is 5.97 Å². The van der Waals surface area contributed by atoms with Gasteiger partial charge in [0.2, 0.25) is 5.78 Å². The first-order chi connectivity index (χ1) is 14.8. The Morgan fingerprint density at radius 2 is 1.61 bits per heavy atom. The van der Waals surface area contributed by atoms with Crippen molar-refractivity contribution in [2.45, 2.75) is 20.3 Å². The highest BCUT2D eigenvalue weighted by atomic mass is 32.1. The monoisotopic (exact) mass is 439 g/mol. The molecule has 0 aliphatic rings. The molecule has 0 atom stereocenters. The van der Waals surface area contributed by atoms with Crippen LogP contribution in [-0.4, -0.2) is 34.7 Å². The lowest BCUT2D eigenvalue weighted by Gasteiger charge is -2.15. The lowest BCUT2D eigenvalue weighted by Crippen LogP contribution is -2.41. The van der Waals surface area contributed by atoms with Crippen LogP contribution in [0.25, 0.3) is 0 Å². The van der Waals surface area contributed by atoms with Gasteiger partial charge in [-0.05, 0) is 55.4 Å². The van der Waals surface area contributed by atoms with E-state index in [0.717, 1.165) is 12.0 Å². The van der Waals surface area contributed by atoms with Crippen molar-refractivity contribution in [3.05, 3.63) is 76.6 Å². The summed E-state index contributed by atoms with van der Waals surface area (Å²) in [5.74, 6) is -1.41. The maximum absolute atomic E-state index is 12.8. The van der Waals surface area contributed by atoms with Crippen molar-refractivity contribution in [1.29, 1.82) is 0 Å². The molecule has 0 heterocycles. The topological polar surface area (TPSA) is 129 Å². The van der Waals surface area contributed by atoms with E-state index in [4.69, 9.17) is 23.1 Å². The largest absolute Gasteiger partial charge is 0.478 e. The molecular weight excluding hydrogens is 414 g/mol. The summed E-state index contributed by atoms with van der Waals surface area (Å²) in [7, 11) is 1.55. The van der Waals surface area contributed by atoms with Gasteiger partial charge in [-0.3, -0.25) is 15.2 Å². The lowest BCUT2D eigenvalue weighted by atomic mass is 10.0. The highest BCUT2D eigenvalue weighted by Crippen LogP contribution is 2.11. The summed E-state index contributed by atoms with van der Waals surface area (Å²) in [5, 5.41) is 12.0. The third-order valence-electron chi connectivity index (χ3n) is 4.48. The Hall–Kier alpha value is -3.72. The minimum Gasteiger partial charge on any atom is -0.478 e. The van der Waals surface area contributed by atoms with Crippen molar-refractivity contribution in [2.24, 2.45) is 10.7 Å². The van der Waals surface area contributed by atoms with E-state index in [0.29, 0.717) is 16.9 Å². The summed E-state index contributed by atoms with van der Waals surface area (Å²) in [6.07, 6.45) is 0.904. The number of carbonyl (C=O) groups is 2. The number of nitrogens with one attached hydrogen (secondary N) is 3. The minimum atomic E-state index is -1.01. The quantitative estimate of drug-likeness (QED) is 0.184. The summed E-state index contributed by atoms with van der Waals surface area (Å²) in [6, 6.07) is 13.7. The molecule has 0 aliphatic carbocycles. The van der Waals surface area contributed by atoms with E-state index in [9.17, 15) is 9.59 Å². The number of nitrogens with zero attached hydrogens (tertiary/aromatic N) is 1. The molecule has 6 N–H and O–H groups in total. The van der Waals surface area contributed by atoms with Gasteiger partial charge in [0.25, 0.3) is 0 Å². The molecule has 2 aromatic carbocycles. The van der Waals surface area contributed by atoms with E-state index < -0.39 is 11.8 Å². The molecular formula is C22H25N5O3S. The third-order valence-corrected chi connectivity index (χ3v) is 4.68. The van der Waals surface area contributed by atoms with Crippen molar-refractivity contribution in [3.8, 4) is 0 Å². The molecule has 8 nitrogen and oxygen atoms in total. The molecule has 2 aromatic rings. The smallest absolute Gasteiger partial charge is 0.335 e. The molecule has 0 fully saturated rings. The molecule has 0 radical (unpaired) electrons. The predicted molar refractivity (Wildman–Crippen MR) is 126 cm³/mol. The van der Waals surface area contributed by atoms with Crippen LogP contribution in [0.1, 0.15) is 35.3 Å². The van der Waals surface area contributed by atoms with Gasteiger partial charge in [0.1, 0.15) is 11.4 Å². The number of anilines is 1. The number of hydrazine groups is 1. The SMILES string of the molecule is CCc1ccc(C(=NC)C(=O)C(N)=C(C)NNC(=S)Nc2ccc(C(=O)O)cc2)cc1. The molecule has 0 bridgehead atoms. The molecule has 0 aromatic heterocycles. The number of ketones is 1. The first-order valence-corrected chi connectivity index (χ1v) is 9.91. The van der Waals surface area contributed by atoms with Crippen molar-refractivity contribution in [1.82, 2.24) is 10.9 Å². The summed E-state index contributed by atoms with van der Waals surface area (Å²) in [4.78, 5) is 27.8. The molecule has 0 amide bonds. The van der Waals surface area contributed by atoms with Gasteiger partial charge < -0.3 is 21.6 Å². The first-order valence-electron chi connectivity index (χ1n) is 9.50. The van der Waals surface area contributed by atoms with Crippen LogP contribution in [0.2, 0.25) is 0 Å². The molecule has 0 saturated heterocycles. The molecule has 31 heavy (non-hydrogen) atoms. The molecule has 0 spiro atoms. The number of Topliss-reactive ketones (excluding diaryl/α,β-unsaturated/α-hetero) is 1. The molecule has 0 saturated carbocycles. The van der Waals surface area contributed by atoms with Gasteiger partial charge in [-0.2, -0.15) is 0 Å². The zero-order valence-corrected chi connectivity index (χ0v) is 18.3. The van der Waals surface area contributed by atoms with Crippen LogP contribution < -0.4 is 21.9 Å². The average Bonchev–Trinajstić information content (AvgIpc) is 2.78. The molecule has 162 valence electrons. The van der Waals surface area contributed by atoms with Gasteiger partial charge in [0, 0.05) is 18.3 Å². The summed E-state index contributed by atoms with van der Waals surface area (Å²) >= 11 is 5.19. The zero-order chi connectivity index (χ0) is 23.0. The van der Waals surface area contributed by atoms with Crippen molar-refractivity contribution >= 4 is 40.5 Å². The van der Waals surface area contributed by atoms with Gasteiger partial charge in [-0.15, -0.1) is 0 Å². The number of nitrogens with two attached hydrogens (primary N) is 1. The number of carbonyl (C=O) groups excluding carboxylic acids is 1. The van der Waals surface area contributed by atoms with Gasteiger partial charge in [-0.1, -0.05) is 31.2 Å². The third kappa shape index (κ3) is 6.38. The van der Waals surface area contributed by atoms with Crippen LogP contribution in [0.5, 0.6) is 0 Å². The van der Waals surface area contributed by atoms with Crippen LogP contribution >= 0.6 is 12.2 Å². The number of benzene rings is 2. The van der Waals surface area contributed by atoms with E-state index in [1.165, 1.54) is 12.1 Å². The van der Waals surface area contributed by atoms with Gasteiger partial charge in [0.15, 0.2) is 5.11 Å². The summed E-state index contributed by atoms with van der Waals surface area (Å²) in [5.41, 5.74) is 14.8. The van der Waals surface area contributed by atoms with Crippen LogP contribution in [-0.2, 0) is 11.2 Å². The number of thiocarbonyl (C=S) groups is 1. The van der Waals surface area contributed by atoms with Crippen molar-refractivity contribution in [2.75, 3.05) is 12.4 Å². The number of aliphatic imine (C=N–C) groups is 1. The maximum Gasteiger partial charge on any atom is 0.335 e. The van der Waals surface area contributed by atoms with E-state index in [1.807, 2.05) is 24.3 Å². The van der Waals surface area contributed by atoms with E-state index in [-0.39, 0.29) is 22.1 Å². The predicted octanol–water partition coefficient (Wildman–Crippen LogP) is 2.62. The number of carboxylic acid groups (broad SMARTS) is 1. The van der Waals surface area contributed by atoms with Crippen molar-refractivity contribution < 1.29 is 14.7 Å². The Morgan fingerprint density at radius 1 is 1.03 bits per heavy atom. The summed E-state index contributed by atoms with van der Waals surface area (Å²) < 4.78 is 0. The standard InChI is InChI=1S/C22H25N5O3S/c1-4-14-5-7-15(8-6-14)19(24-3)20(28)18(23)13(2)26-27-22(31)25-17-11-9-16(10-12-17)21(29)30/h5-12,26H,4,23H2,1-3H3,(H,29,30)(H2,25,27,31). The number of carboxylic acids is 1. The minimum absolute atomic E-state index is 0.00118. The fraction of sp³-hybridized carbons (Fsp3) is 0.182. The fourth-order valence-electron chi connectivity index (χ4n) is 2.63. The van der Waals surface area contributed by atoms with Gasteiger partial charge in [0.05, 0.1) is 11.3 Å². The second kappa shape index (κ2) is 10.9. The molecule has 0 aliphatic heterocycles. The summed E-state index contributed by atoms with van der Waals surface area (Å²) in [6.45, 7) is 3.69. The Balaban J connectivity index is 2.01. The van der Waals surface area contributed by atoms with Gasteiger partial charge in [-0.25, -0.2) is 4.79 Å². The molecule has 9 heteroatoms. The molecule has 2 rings (SSSR count). The van der Waals surface area contributed by atoms with E-state index in [1.54, 1.807) is 26.1 Å². The Labute approximate surface area is 186 Å². The first kappa shape index (κ1) is 23.6. The lowest BCUT2D eigenvalue weighted by molar-refractivity contribution is -0.109. The number of aromatic carboxylic acids is 1. The highest BCUT2D eigenvalue weighted by molar-refractivity contribution is 7.80. The van der Waals surface area contributed by atoms with Crippen molar-refractivity contribution in [3.63, 3.8) is 0 Å². The number of aryl methyl sites for hydroxylation is 1. The van der Waals surface area contributed by atoms with Crippen LogP contribution in [0.4, 0.5) is 5.69 Å². The molecule has 0 unspecified atom stereocenters. The number of hydrogen-bond acceptors (Lipinski definition) is 6. The fourth-order valence-corrected chi connectivity index (χ4v) is 2.80. The number of allylic oxidation sites excluding steroid dienone is 2. The zero-order valence-electron chi connectivity index (χ0n) is 17.5.